The number of rotatable bonds is 4. The molecule has 0 radical (unpaired) electrons. The molecule has 4 nitrogen and oxygen atoms in total. The molecule has 1 saturated heterocycles. The summed E-state index contributed by atoms with van der Waals surface area (Å²) in [6.45, 7) is 4.05. The minimum absolute atomic E-state index is 0.100. The minimum atomic E-state index is -0.343. The van der Waals surface area contributed by atoms with Crippen molar-refractivity contribution in [1.29, 1.82) is 0 Å². The first-order chi connectivity index (χ1) is 9.14. The van der Waals surface area contributed by atoms with Crippen LogP contribution in [0.1, 0.15) is 25.3 Å². The van der Waals surface area contributed by atoms with Crippen LogP contribution in [0.2, 0.25) is 0 Å². The Morgan fingerprint density at radius 1 is 1.37 bits per heavy atom. The van der Waals surface area contributed by atoms with Crippen molar-refractivity contribution >= 4 is 5.97 Å². The molecule has 2 rings (SSSR count). The monoisotopic (exact) mass is 263 g/mol. The molecule has 1 fully saturated rings. The number of nitrogens with one attached hydrogen (secondary N) is 1. The van der Waals surface area contributed by atoms with Crippen LogP contribution in [0, 0.1) is 5.41 Å². The van der Waals surface area contributed by atoms with Gasteiger partial charge in [0.05, 0.1) is 12.5 Å². The molecule has 0 aromatic heterocycles. The van der Waals surface area contributed by atoms with E-state index in [-0.39, 0.29) is 11.4 Å². The number of piperidine rings is 1. The zero-order chi connectivity index (χ0) is 13.7. The van der Waals surface area contributed by atoms with Crippen LogP contribution in [0.4, 0.5) is 0 Å². The molecular formula is C15H21NO3. The highest BCUT2D eigenvalue weighted by Gasteiger charge is 2.35. The van der Waals surface area contributed by atoms with E-state index in [0.29, 0.717) is 6.61 Å². The summed E-state index contributed by atoms with van der Waals surface area (Å²) >= 11 is 0. The number of benzene rings is 1. The lowest BCUT2D eigenvalue weighted by molar-refractivity contribution is -0.157. The second-order valence-corrected chi connectivity index (χ2v) is 5.24. The van der Waals surface area contributed by atoms with E-state index >= 15 is 0 Å². The van der Waals surface area contributed by atoms with Gasteiger partial charge in [-0.15, -0.1) is 0 Å². The predicted octanol–water partition coefficient (Wildman–Crippen LogP) is 2.13. The maximum absolute atomic E-state index is 12.2. The quantitative estimate of drug-likeness (QED) is 0.845. The zero-order valence-corrected chi connectivity index (χ0v) is 11.6. The maximum Gasteiger partial charge on any atom is 0.312 e. The molecule has 1 aromatic carbocycles. The standard InChI is InChI=1S/C15H21NO3/c1-15(6-8-16-9-7-15)14(17)19-11-12-4-3-5-13(10-12)18-2/h3-5,10,16H,6-9,11H2,1-2H3. The van der Waals surface area contributed by atoms with Crippen molar-refractivity contribution in [3.8, 4) is 5.75 Å². The molecule has 0 atom stereocenters. The Labute approximate surface area is 114 Å². The van der Waals surface area contributed by atoms with E-state index in [0.717, 1.165) is 37.2 Å². The Hall–Kier alpha value is -1.55. The Balaban J connectivity index is 1.92. The topological polar surface area (TPSA) is 47.6 Å². The molecular weight excluding hydrogens is 242 g/mol. The first-order valence-corrected chi connectivity index (χ1v) is 6.65. The largest absolute Gasteiger partial charge is 0.497 e. The maximum atomic E-state index is 12.2. The highest BCUT2D eigenvalue weighted by atomic mass is 16.5. The van der Waals surface area contributed by atoms with Crippen molar-refractivity contribution < 1.29 is 14.3 Å². The van der Waals surface area contributed by atoms with Crippen LogP contribution in [-0.4, -0.2) is 26.2 Å². The van der Waals surface area contributed by atoms with Gasteiger partial charge in [0.25, 0.3) is 0 Å². The Morgan fingerprint density at radius 2 is 2.11 bits per heavy atom. The number of ether oxygens (including phenoxy) is 2. The number of hydrogen-bond acceptors (Lipinski definition) is 4. The molecule has 0 unspecified atom stereocenters. The molecule has 1 heterocycles. The van der Waals surface area contributed by atoms with E-state index in [1.807, 2.05) is 31.2 Å². The van der Waals surface area contributed by atoms with Gasteiger partial charge < -0.3 is 14.8 Å². The van der Waals surface area contributed by atoms with Crippen molar-refractivity contribution in [3.05, 3.63) is 29.8 Å². The first kappa shape index (κ1) is 13.9. The van der Waals surface area contributed by atoms with Crippen molar-refractivity contribution in [3.63, 3.8) is 0 Å². The van der Waals surface area contributed by atoms with Gasteiger partial charge in [-0.3, -0.25) is 4.79 Å². The lowest BCUT2D eigenvalue weighted by Crippen LogP contribution is -2.40. The van der Waals surface area contributed by atoms with Crippen molar-refractivity contribution in [1.82, 2.24) is 5.32 Å². The molecule has 4 heteroatoms. The Kier molecular flexibility index (Phi) is 4.43. The fraction of sp³-hybridized carbons (Fsp3) is 0.533. The first-order valence-electron chi connectivity index (χ1n) is 6.65. The van der Waals surface area contributed by atoms with Gasteiger partial charge >= 0.3 is 5.97 Å². The van der Waals surface area contributed by atoms with Gasteiger partial charge in [0, 0.05) is 0 Å². The molecule has 1 aromatic rings. The molecule has 1 aliphatic rings. The fourth-order valence-electron chi connectivity index (χ4n) is 2.27. The van der Waals surface area contributed by atoms with E-state index in [2.05, 4.69) is 5.32 Å². The Bertz CT molecular complexity index is 439. The highest BCUT2D eigenvalue weighted by Crippen LogP contribution is 2.29. The molecule has 1 N–H and O–H groups in total. The van der Waals surface area contributed by atoms with Crippen LogP contribution in [0.25, 0.3) is 0 Å². The average molecular weight is 263 g/mol. The van der Waals surface area contributed by atoms with Crippen molar-refractivity contribution in [2.75, 3.05) is 20.2 Å². The summed E-state index contributed by atoms with van der Waals surface area (Å²) in [5.74, 6) is 0.679. The van der Waals surface area contributed by atoms with E-state index in [9.17, 15) is 4.79 Å². The van der Waals surface area contributed by atoms with E-state index < -0.39 is 0 Å². The van der Waals surface area contributed by atoms with Gasteiger partial charge in [-0.25, -0.2) is 0 Å². The van der Waals surface area contributed by atoms with E-state index in [1.54, 1.807) is 7.11 Å². The van der Waals surface area contributed by atoms with E-state index in [4.69, 9.17) is 9.47 Å². The summed E-state index contributed by atoms with van der Waals surface area (Å²) in [5.41, 5.74) is 0.606. The average Bonchev–Trinajstić information content (AvgIpc) is 2.45. The molecule has 0 spiro atoms. The van der Waals surface area contributed by atoms with Crippen LogP contribution in [0.5, 0.6) is 5.75 Å². The van der Waals surface area contributed by atoms with Crippen LogP contribution in [-0.2, 0) is 16.1 Å². The number of esters is 1. The molecule has 19 heavy (non-hydrogen) atoms. The third kappa shape index (κ3) is 3.47. The predicted molar refractivity (Wildman–Crippen MR) is 73.0 cm³/mol. The molecule has 0 aliphatic carbocycles. The normalized spacial score (nSPS) is 17.8. The van der Waals surface area contributed by atoms with Gasteiger partial charge in [-0.2, -0.15) is 0 Å². The second kappa shape index (κ2) is 6.06. The minimum Gasteiger partial charge on any atom is -0.497 e. The number of carbonyl (C=O) groups is 1. The van der Waals surface area contributed by atoms with Gasteiger partial charge in [0.15, 0.2) is 0 Å². The van der Waals surface area contributed by atoms with Crippen LogP contribution < -0.4 is 10.1 Å². The third-order valence-corrected chi connectivity index (χ3v) is 3.70. The molecule has 1 aliphatic heterocycles. The van der Waals surface area contributed by atoms with Crippen LogP contribution in [0.15, 0.2) is 24.3 Å². The van der Waals surface area contributed by atoms with Crippen molar-refractivity contribution in [2.24, 2.45) is 5.41 Å². The van der Waals surface area contributed by atoms with Crippen LogP contribution in [0.3, 0.4) is 0 Å². The summed E-state index contributed by atoms with van der Waals surface area (Å²) in [4.78, 5) is 12.2. The second-order valence-electron chi connectivity index (χ2n) is 5.24. The van der Waals surface area contributed by atoms with Crippen LogP contribution >= 0.6 is 0 Å². The highest BCUT2D eigenvalue weighted by molar-refractivity contribution is 5.76. The number of carbonyl (C=O) groups excluding carboxylic acids is 1. The van der Waals surface area contributed by atoms with Crippen molar-refractivity contribution in [2.45, 2.75) is 26.4 Å². The van der Waals surface area contributed by atoms with Gasteiger partial charge in [0.2, 0.25) is 0 Å². The summed E-state index contributed by atoms with van der Waals surface area (Å²) in [7, 11) is 1.63. The number of methoxy groups -OCH3 is 1. The fourth-order valence-corrected chi connectivity index (χ4v) is 2.27. The molecule has 0 amide bonds. The summed E-state index contributed by atoms with van der Waals surface area (Å²) in [6, 6.07) is 7.59. The van der Waals surface area contributed by atoms with E-state index in [1.165, 1.54) is 0 Å². The smallest absolute Gasteiger partial charge is 0.312 e. The molecule has 0 bridgehead atoms. The zero-order valence-electron chi connectivity index (χ0n) is 11.6. The number of hydrogen-bond donors (Lipinski definition) is 1. The Morgan fingerprint density at radius 3 is 2.79 bits per heavy atom. The SMILES string of the molecule is COc1cccc(COC(=O)C2(C)CCNCC2)c1. The van der Waals surface area contributed by atoms with Gasteiger partial charge in [-0.05, 0) is 50.6 Å². The molecule has 0 saturated carbocycles. The lowest BCUT2D eigenvalue weighted by atomic mass is 9.81. The van der Waals surface area contributed by atoms with Gasteiger partial charge in [-0.1, -0.05) is 12.1 Å². The summed E-state index contributed by atoms with van der Waals surface area (Å²) in [5, 5.41) is 3.26. The summed E-state index contributed by atoms with van der Waals surface area (Å²) < 4.78 is 10.6. The lowest BCUT2D eigenvalue weighted by Gasteiger charge is -2.31. The summed E-state index contributed by atoms with van der Waals surface area (Å²) in [6.07, 6.45) is 1.67. The van der Waals surface area contributed by atoms with Gasteiger partial charge in [0.1, 0.15) is 12.4 Å². The molecule has 104 valence electrons. The third-order valence-electron chi connectivity index (χ3n) is 3.70.